The van der Waals surface area contributed by atoms with Gasteiger partial charge in [-0.15, -0.1) is 0 Å². The lowest BCUT2D eigenvalue weighted by Gasteiger charge is -2.32. The van der Waals surface area contributed by atoms with Gasteiger partial charge in [0.25, 0.3) is 0 Å². The molecule has 2 fully saturated rings. The first-order valence-electron chi connectivity index (χ1n) is 9.87. The SMILES string of the molecule is NC(=O)CN1CCC(NC(=O)C2CC(=O)N(Cc3cccc(C(F)(F)F)c3)C2)CC1. The molecule has 0 saturated carbocycles. The molecule has 2 saturated heterocycles. The van der Waals surface area contributed by atoms with Crippen molar-refractivity contribution in [1.29, 1.82) is 0 Å². The van der Waals surface area contributed by atoms with E-state index in [0.717, 1.165) is 12.1 Å². The van der Waals surface area contributed by atoms with Gasteiger partial charge in [0.2, 0.25) is 17.7 Å². The Kier molecular flexibility index (Phi) is 6.64. The minimum absolute atomic E-state index is 0.0331. The molecule has 1 aromatic carbocycles. The molecule has 0 radical (unpaired) electrons. The molecule has 3 rings (SSSR count). The van der Waals surface area contributed by atoms with Gasteiger partial charge in [0.1, 0.15) is 0 Å². The number of halogens is 3. The highest BCUT2D eigenvalue weighted by Gasteiger charge is 2.36. The molecule has 1 atom stereocenters. The van der Waals surface area contributed by atoms with Crippen molar-refractivity contribution in [2.45, 2.75) is 38.0 Å². The average molecular weight is 426 g/mol. The Labute approximate surface area is 172 Å². The molecule has 3 amide bonds. The summed E-state index contributed by atoms with van der Waals surface area (Å²) in [7, 11) is 0. The van der Waals surface area contributed by atoms with Gasteiger partial charge in [0, 0.05) is 38.6 Å². The Morgan fingerprint density at radius 1 is 1.20 bits per heavy atom. The lowest BCUT2D eigenvalue weighted by molar-refractivity contribution is -0.137. The second-order valence-electron chi connectivity index (χ2n) is 7.90. The van der Waals surface area contributed by atoms with Gasteiger partial charge in [0.05, 0.1) is 18.0 Å². The van der Waals surface area contributed by atoms with Crippen LogP contribution in [0, 0.1) is 5.92 Å². The van der Waals surface area contributed by atoms with E-state index in [4.69, 9.17) is 5.73 Å². The zero-order chi connectivity index (χ0) is 21.9. The standard InChI is InChI=1S/C20H25F3N4O3/c21-20(22,23)15-3-1-2-13(8-15)10-27-11-14(9-18(27)29)19(30)25-16-4-6-26(7-5-16)12-17(24)28/h1-3,8,14,16H,4-7,9-12H2,(H2,24,28)(H,25,30). The fraction of sp³-hybridized carbons (Fsp3) is 0.550. The summed E-state index contributed by atoms with van der Waals surface area (Å²) in [5.41, 5.74) is 4.80. The van der Waals surface area contributed by atoms with Crippen LogP contribution in [0.4, 0.5) is 13.2 Å². The van der Waals surface area contributed by atoms with Crippen LogP contribution in [-0.2, 0) is 27.1 Å². The topological polar surface area (TPSA) is 95.7 Å². The van der Waals surface area contributed by atoms with Crippen molar-refractivity contribution in [3.05, 3.63) is 35.4 Å². The molecule has 0 spiro atoms. The van der Waals surface area contributed by atoms with Crippen molar-refractivity contribution in [2.24, 2.45) is 11.7 Å². The largest absolute Gasteiger partial charge is 0.416 e. The highest BCUT2D eigenvalue weighted by atomic mass is 19.4. The van der Waals surface area contributed by atoms with Gasteiger partial charge < -0.3 is 16.0 Å². The number of carbonyl (C=O) groups excluding carboxylic acids is 3. The summed E-state index contributed by atoms with van der Waals surface area (Å²) < 4.78 is 38.6. The van der Waals surface area contributed by atoms with E-state index in [1.165, 1.54) is 17.0 Å². The molecular formula is C20H25F3N4O3. The predicted octanol–water partition coefficient (Wildman–Crippen LogP) is 1.12. The lowest BCUT2D eigenvalue weighted by Crippen LogP contribution is -2.48. The number of nitrogens with zero attached hydrogens (tertiary/aromatic N) is 2. The minimum Gasteiger partial charge on any atom is -0.369 e. The van der Waals surface area contributed by atoms with Crippen LogP contribution in [0.15, 0.2) is 24.3 Å². The van der Waals surface area contributed by atoms with Crippen molar-refractivity contribution >= 4 is 17.7 Å². The van der Waals surface area contributed by atoms with Crippen LogP contribution < -0.4 is 11.1 Å². The molecule has 164 valence electrons. The van der Waals surface area contributed by atoms with Gasteiger partial charge in [-0.25, -0.2) is 0 Å². The monoisotopic (exact) mass is 426 g/mol. The summed E-state index contributed by atoms with van der Waals surface area (Å²) in [5, 5.41) is 2.96. The highest BCUT2D eigenvalue weighted by Crippen LogP contribution is 2.30. The number of rotatable bonds is 6. The summed E-state index contributed by atoms with van der Waals surface area (Å²) in [4.78, 5) is 39.2. The molecular weight excluding hydrogens is 401 g/mol. The first-order valence-corrected chi connectivity index (χ1v) is 9.87. The Bertz CT molecular complexity index is 807. The molecule has 0 bridgehead atoms. The number of piperidine rings is 1. The summed E-state index contributed by atoms with van der Waals surface area (Å²) in [6.45, 7) is 1.72. The number of hydrogen-bond donors (Lipinski definition) is 2. The number of hydrogen-bond acceptors (Lipinski definition) is 4. The summed E-state index contributed by atoms with van der Waals surface area (Å²) >= 11 is 0. The smallest absolute Gasteiger partial charge is 0.369 e. The van der Waals surface area contributed by atoms with Gasteiger partial charge in [-0.05, 0) is 30.5 Å². The van der Waals surface area contributed by atoms with Crippen LogP contribution in [0.3, 0.4) is 0 Å². The van der Waals surface area contributed by atoms with Crippen molar-refractivity contribution in [3.8, 4) is 0 Å². The number of primary amides is 1. The van der Waals surface area contributed by atoms with E-state index < -0.39 is 17.7 Å². The van der Waals surface area contributed by atoms with Crippen LogP contribution >= 0.6 is 0 Å². The van der Waals surface area contributed by atoms with Gasteiger partial charge >= 0.3 is 6.18 Å². The molecule has 1 unspecified atom stereocenters. The quantitative estimate of drug-likeness (QED) is 0.713. The summed E-state index contributed by atoms with van der Waals surface area (Å²) in [6, 6.07) is 4.83. The Hall–Kier alpha value is -2.62. The fourth-order valence-electron chi connectivity index (χ4n) is 3.94. The molecule has 1 aromatic rings. The van der Waals surface area contributed by atoms with Crippen molar-refractivity contribution in [1.82, 2.24) is 15.1 Å². The number of carbonyl (C=O) groups is 3. The van der Waals surface area contributed by atoms with Crippen LogP contribution in [0.1, 0.15) is 30.4 Å². The second-order valence-corrected chi connectivity index (χ2v) is 7.90. The van der Waals surface area contributed by atoms with E-state index in [9.17, 15) is 27.6 Å². The highest BCUT2D eigenvalue weighted by molar-refractivity contribution is 5.89. The van der Waals surface area contributed by atoms with E-state index in [1.807, 2.05) is 4.90 Å². The molecule has 2 aliphatic heterocycles. The molecule has 2 heterocycles. The zero-order valence-electron chi connectivity index (χ0n) is 16.5. The molecule has 2 aliphatic rings. The number of amides is 3. The Balaban J connectivity index is 1.51. The van der Waals surface area contributed by atoms with Crippen molar-refractivity contribution in [3.63, 3.8) is 0 Å². The van der Waals surface area contributed by atoms with Gasteiger partial charge in [-0.3, -0.25) is 19.3 Å². The second kappa shape index (κ2) is 9.03. The van der Waals surface area contributed by atoms with E-state index >= 15 is 0 Å². The molecule has 30 heavy (non-hydrogen) atoms. The zero-order valence-corrected chi connectivity index (χ0v) is 16.5. The normalized spacial score (nSPS) is 21.1. The molecule has 0 aromatic heterocycles. The van der Waals surface area contributed by atoms with Crippen LogP contribution in [-0.4, -0.2) is 59.7 Å². The van der Waals surface area contributed by atoms with Crippen LogP contribution in [0.2, 0.25) is 0 Å². The van der Waals surface area contributed by atoms with Crippen LogP contribution in [0.25, 0.3) is 0 Å². The summed E-state index contributed by atoms with van der Waals surface area (Å²) in [6.07, 6.45) is -3.02. The van der Waals surface area contributed by atoms with E-state index in [1.54, 1.807) is 0 Å². The van der Waals surface area contributed by atoms with Gasteiger partial charge in [-0.2, -0.15) is 13.2 Å². The third-order valence-corrected chi connectivity index (χ3v) is 5.53. The number of likely N-dealkylation sites (tertiary alicyclic amines) is 2. The average Bonchev–Trinajstić information content (AvgIpc) is 3.03. The maximum atomic E-state index is 12.9. The van der Waals surface area contributed by atoms with Gasteiger partial charge in [-0.1, -0.05) is 12.1 Å². The Morgan fingerprint density at radius 3 is 2.53 bits per heavy atom. The molecule has 10 heteroatoms. The number of nitrogens with two attached hydrogens (primary N) is 1. The fourth-order valence-corrected chi connectivity index (χ4v) is 3.94. The maximum absolute atomic E-state index is 12.9. The number of benzene rings is 1. The first kappa shape index (κ1) is 22.1. The third kappa shape index (κ3) is 5.71. The van der Waals surface area contributed by atoms with E-state index in [2.05, 4.69) is 5.32 Å². The molecule has 0 aliphatic carbocycles. The Morgan fingerprint density at radius 2 is 1.90 bits per heavy atom. The summed E-state index contributed by atoms with van der Waals surface area (Å²) in [5.74, 6) is -1.37. The van der Waals surface area contributed by atoms with Crippen molar-refractivity contribution < 1.29 is 27.6 Å². The minimum atomic E-state index is -4.44. The van der Waals surface area contributed by atoms with E-state index in [0.29, 0.717) is 31.5 Å². The van der Waals surface area contributed by atoms with E-state index in [-0.39, 0.29) is 49.8 Å². The maximum Gasteiger partial charge on any atom is 0.416 e. The first-order chi connectivity index (χ1) is 14.1. The lowest BCUT2D eigenvalue weighted by atomic mass is 10.0. The third-order valence-electron chi connectivity index (χ3n) is 5.53. The van der Waals surface area contributed by atoms with Gasteiger partial charge in [0.15, 0.2) is 0 Å². The van der Waals surface area contributed by atoms with Crippen molar-refractivity contribution in [2.75, 3.05) is 26.2 Å². The molecule has 3 N–H and O–H groups in total. The molecule has 7 nitrogen and oxygen atoms in total. The number of alkyl halides is 3. The number of nitrogens with one attached hydrogen (secondary N) is 1. The van der Waals surface area contributed by atoms with Crippen LogP contribution in [0.5, 0.6) is 0 Å². The predicted molar refractivity (Wildman–Crippen MR) is 102 cm³/mol.